The van der Waals surface area contributed by atoms with Gasteiger partial charge in [0.15, 0.2) is 5.69 Å². The summed E-state index contributed by atoms with van der Waals surface area (Å²) in [6, 6.07) is 6.20. The average Bonchev–Trinajstić information content (AvgIpc) is 2.97. The molecular formula is C15H15N3O3. The number of aromatic hydroxyl groups is 1. The van der Waals surface area contributed by atoms with Crippen LogP contribution in [0.15, 0.2) is 34.9 Å². The number of oxazole rings is 1. The standard InChI is InChI=1S/C15H15N3O3/c1-2-7-17-14(20)13-9-21-15(18-13)12(16)8-10-3-5-11(19)6-4-10/h1,3-6,9,12,19H,7-8,16H2,(H,17,20). The highest BCUT2D eigenvalue weighted by molar-refractivity contribution is 5.92. The van der Waals surface area contributed by atoms with Crippen LogP contribution in [-0.4, -0.2) is 22.5 Å². The number of carbonyl (C=O) groups is 1. The zero-order valence-electron chi connectivity index (χ0n) is 11.2. The highest BCUT2D eigenvalue weighted by Gasteiger charge is 2.17. The van der Waals surface area contributed by atoms with E-state index in [1.54, 1.807) is 24.3 Å². The van der Waals surface area contributed by atoms with Gasteiger partial charge in [-0.2, -0.15) is 0 Å². The summed E-state index contributed by atoms with van der Waals surface area (Å²) in [6.07, 6.45) is 6.78. The van der Waals surface area contributed by atoms with Crippen molar-refractivity contribution in [3.05, 3.63) is 47.7 Å². The van der Waals surface area contributed by atoms with Gasteiger partial charge in [0.05, 0.1) is 12.6 Å². The van der Waals surface area contributed by atoms with Crippen LogP contribution in [0.4, 0.5) is 0 Å². The molecule has 0 spiro atoms. The van der Waals surface area contributed by atoms with Crippen molar-refractivity contribution in [1.29, 1.82) is 0 Å². The number of hydrogen-bond donors (Lipinski definition) is 3. The molecule has 0 aliphatic heterocycles. The van der Waals surface area contributed by atoms with Crippen LogP contribution in [0.5, 0.6) is 5.75 Å². The fourth-order valence-electron chi connectivity index (χ4n) is 1.76. The number of nitrogens with zero attached hydrogens (tertiary/aromatic N) is 1. The van der Waals surface area contributed by atoms with Crippen molar-refractivity contribution in [3.8, 4) is 18.1 Å². The lowest BCUT2D eigenvalue weighted by Gasteiger charge is -2.07. The van der Waals surface area contributed by atoms with Gasteiger partial charge in [0.2, 0.25) is 5.89 Å². The van der Waals surface area contributed by atoms with E-state index in [-0.39, 0.29) is 23.9 Å². The van der Waals surface area contributed by atoms with E-state index in [0.717, 1.165) is 5.56 Å². The fourth-order valence-corrected chi connectivity index (χ4v) is 1.76. The van der Waals surface area contributed by atoms with Crippen LogP contribution in [0, 0.1) is 12.3 Å². The van der Waals surface area contributed by atoms with Gasteiger partial charge in [0, 0.05) is 0 Å². The summed E-state index contributed by atoms with van der Waals surface area (Å²) in [5.74, 6) is 2.36. The maximum Gasteiger partial charge on any atom is 0.273 e. The maximum atomic E-state index is 11.6. The van der Waals surface area contributed by atoms with Gasteiger partial charge in [-0.25, -0.2) is 4.98 Å². The van der Waals surface area contributed by atoms with E-state index in [1.807, 2.05) is 0 Å². The van der Waals surface area contributed by atoms with Crippen molar-refractivity contribution >= 4 is 5.91 Å². The SMILES string of the molecule is C#CCNC(=O)c1coc(C(N)Cc2ccc(O)cc2)n1. The van der Waals surface area contributed by atoms with Gasteiger partial charge < -0.3 is 20.6 Å². The summed E-state index contributed by atoms with van der Waals surface area (Å²) in [7, 11) is 0. The second-order valence-corrected chi connectivity index (χ2v) is 4.43. The molecule has 0 aliphatic carbocycles. The lowest BCUT2D eigenvalue weighted by molar-refractivity contribution is 0.0953. The Hall–Kier alpha value is -2.78. The largest absolute Gasteiger partial charge is 0.508 e. The third-order valence-corrected chi connectivity index (χ3v) is 2.81. The van der Waals surface area contributed by atoms with E-state index in [2.05, 4.69) is 16.2 Å². The van der Waals surface area contributed by atoms with Crippen LogP contribution >= 0.6 is 0 Å². The Balaban J connectivity index is 2.01. The Labute approximate surface area is 122 Å². The van der Waals surface area contributed by atoms with Crippen LogP contribution in [0.1, 0.15) is 28.0 Å². The minimum Gasteiger partial charge on any atom is -0.508 e. The molecule has 1 amide bonds. The summed E-state index contributed by atoms with van der Waals surface area (Å²) < 4.78 is 5.23. The molecule has 6 nitrogen and oxygen atoms in total. The number of terminal acetylenes is 1. The summed E-state index contributed by atoms with van der Waals surface area (Å²) in [6.45, 7) is 0.126. The lowest BCUT2D eigenvalue weighted by Crippen LogP contribution is -2.24. The summed E-state index contributed by atoms with van der Waals surface area (Å²) >= 11 is 0. The van der Waals surface area contributed by atoms with Crippen LogP contribution < -0.4 is 11.1 Å². The first kappa shape index (κ1) is 14.6. The van der Waals surface area contributed by atoms with Crippen molar-refractivity contribution in [3.63, 3.8) is 0 Å². The van der Waals surface area contributed by atoms with E-state index < -0.39 is 11.9 Å². The third-order valence-electron chi connectivity index (χ3n) is 2.81. The molecule has 4 N–H and O–H groups in total. The molecule has 108 valence electrons. The molecule has 21 heavy (non-hydrogen) atoms. The number of rotatable bonds is 5. The quantitative estimate of drug-likeness (QED) is 0.711. The second kappa shape index (κ2) is 6.59. The number of benzene rings is 1. The third kappa shape index (κ3) is 3.84. The monoisotopic (exact) mass is 285 g/mol. The van der Waals surface area contributed by atoms with Crippen molar-refractivity contribution < 1.29 is 14.3 Å². The molecule has 1 atom stereocenters. The minimum absolute atomic E-state index is 0.126. The molecule has 2 aromatic rings. The van der Waals surface area contributed by atoms with Crippen molar-refractivity contribution in [2.24, 2.45) is 5.73 Å². The molecule has 1 aromatic heterocycles. The van der Waals surface area contributed by atoms with E-state index in [0.29, 0.717) is 6.42 Å². The van der Waals surface area contributed by atoms with Gasteiger partial charge in [0.25, 0.3) is 5.91 Å². The number of nitrogens with one attached hydrogen (secondary N) is 1. The smallest absolute Gasteiger partial charge is 0.273 e. The van der Waals surface area contributed by atoms with Crippen molar-refractivity contribution in [2.45, 2.75) is 12.5 Å². The molecular weight excluding hydrogens is 270 g/mol. The molecule has 1 aromatic carbocycles. The molecule has 0 saturated carbocycles. The first-order valence-electron chi connectivity index (χ1n) is 6.30. The van der Waals surface area contributed by atoms with Crippen LogP contribution in [0.2, 0.25) is 0 Å². The Bertz CT molecular complexity index is 656. The summed E-state index contributed by atoms with van der Waals surface area (Å²) in [5.41, 5.74) is 7.06. The summed E-state index contributed by atoms with van der Waals surface area (Å²) in [4.78, 5) is 15.7. The molecule has 1 unspecified atom stereocenters. The highest BCUT2D eigenvalue weighted by atomic mass is 16.3. The fraction of sp³-hybridized carbons (Fsp3) is 0.200. The Kier molecular flexibility index (Phi) is 4.59. The second-order valence-electron chi connectivity index (χ2n) is 4.43. The summed E-state index contributed by atoms with van der Waals surface area (Å²) in [5, 5.41) is 11.7. The molecule has 0 radical (unpaired) electrons. The topological polar surface area (TPSA) is 101 Å². The molecule has 0 aliphatic rings. The van der Waals surface area contributed by atoms with Crippen LogP contribution in [0.3, 0.4) is 0 Å². The minimum atomic E-state index is -0.483. The van der Waals surface area contributed by atoms with Gasteiger partial charge in [-0.15, -0.1) is 6.42 Å². The Morgan fingerprint density at radius 2 is 2.19 bits per heavy atom. The van der Waals surface area contributed by atoms with Crippen molar-refractivity contribution in [1.82, 2.24) is 10.3 Å². The predicted octanol–water partition coefficient (Wildman–Crippen LogP) is 0.986. The molecule has 1 heterocycles. The van der Waals surface area contributed by atoms with Gasteiger partial charge in [-0.3, -0.25) is 4.79 Å². The number of amides is 1. The zero-order valence-corrected chi connectivity index (χ0v) is 11.2. The lowest BCUT2D eigenvalue weighted by atomic mass is 10.1. The molecule has 0 fully saturated rings. The van der Waals surface area contributed by atoms with Gasteiger partial charge in [-0.1, -0.05) is 18.1 Å². The number of aromatic nitrogens is 1. The van der Waals surface area contributed by atoms with E-state index in [1.165, 1.54) is 6.26 Å². The van der Waals surface area contributed by atoms with Gasteiger partial charge >= 0.3 is 0 Å². The molecule has 0 bridgehead atoms. The number of nitrogens with two attached hydrogens (primary N) is 1. The molecule has 0 saturated heterocycles. The Morgan fingerprint density at radius 3 is 2.86 bits per heavy atom. The first-order valence-corrected chi connectivity index (χ1v) is 6.30. The normalized spacial score (nSPS) is 11.6. The van der Waals surface area contributed by atoms with Crippen LogP contribution in [-0.2, 0) is 6.42 Å². The number of phenolic OH excluding ortho intramolecular Hbond substituents is 1. The van der Waals surface area contributed by atoms with Gasteiger partial charge in [-0.05, 0) is 24.1 Å². The highest BCUT2D eigenvalue weighted by Crippen LogP contribution is 2.17. The van der Waals surface area contributed by atoms with E-state index >= 15 is 0 Å². The predicted molar refractivity (Wildman–Crippen MR) is 76.4 cm³/mol. The zero-order chi connectivity index (χ0) is 15.2. The van der Waals surface area contributed by atoms with Crippen molar-refractivity contribution in [2.75, 3.05) is 6.54 Å². The van der Waals surface area contributed by atoms with Gasteiger partial charge in [0.1, 0.15) is 12.0 Å². The first-order chi connectivity index (χ1) is 10.1. The molecule has 6 heteroatoms. The van der Waals surface area contributed by atoms with E-state index in [9.17, 15) is 9.90 Å². The average molecular weight is 285 g/mol. The van der Waals surface area contributed by atoms with Crippen LogP contribution in [0.25, 0.3) is 0 Å². The maximum absolute atomic E-state index is 11.6. The number of phenols is 1. The number of carbonyl (C=O) groups excluding carboxylic acids is 1. The Morgan fingerprint density at radius 1 is 1.48 bits per heavy atom. The molecule has 2 rings (SSSR count). The van der Waals surface area contributed by atoms with E-state index in [4.69, 9.17) is 16.6 Å². The number of hydrogen-bond acceptors (Lipinski definition) is 5.